The second-order valence-electron chi connectivity index (χ2n) is 12.8. The van der Waals surface area contributed by atoms with E-state index in [0.29, 0.717) is 67.4 Å². The van der Waals surface area contributed by atoms with Gasteiger partial charge in [0.15, 0.2) is 0 Å². The predicted molar refractivity (Wildman–Crippen MR) is 166 cm³/mol. The van der Waals surface area contributed by atoms with Crippen LogP contribution in [0.4, 0.5) is 0 Å². The Labute approximate surface area is 261 Å². The Bertz CT molecular complexity index is 1150. The van der Waals surface area contributed by atoms with Gasteiger partial charge in [0.05, 0.1) is 43.2 Å². The highest BCUT2D eigenvalue weighted by Crippen LogP contribution is 2.40. The van der Waals surface area contributed by atoms with Gasteiger partial charge in [0.2, 0.25) is 0 Å². The van der Waals surface area contributed by atoms with Crippen LogP contribution in [0, 0.1) is 11.8 Å². The van der Waals surface area contributed by atoms with E-state index >= 15 is 0 Å². The van der Waals surface area contributed by atoms with Crippen molar-refractivity contribution in [2.24, 2.45) is 11.8 Å². The maximum atomic E-state index is 12.6. The molecule has 0 spiro atoms. The monoisotopic (exact) mass is 608 g/mol. The van der Waals surface area contributed by atoms with E-state index in [1.54, 1.807) is 36.4 Å². The summed E-state index contributed by atoms with van der Waals surface area (Å²) in [5, 5.41) is 0. The Morgan fingerprint density at radius 2 is 1.07 bits per heavy atom. The summed E-state index contributed by atoms with van der Waals surface area (Å²) in [6.07, 6.45) is 14.5. The quantitative estimate of drug-likeness (QED) is 0.0746. The first-order valence-corrected chi connectivity index (χ1v) is 16.8. The average Bonchev–Trinajstić information content (AvgIpc) is 3.98. The summed E-state index contributed by atoms with van der Waals surface area (Å²) in [6, 6.07) is 14.2. The van der Waals surface area contributed by atoms with Gasteiger partial charge < -0.3 is 33.2 Å². The summed E-state index contributed by atoms with van der Waals surface area (Å²) in [6.45, 7) is 4.48. The van der Waals surface area contributed by atoms with E-state index in [2.05, 4.69) is 0 Å². The van der Waals surface area contributed by atoms with Gasteiger partial charge in [-0.1, -0.05) is 6.42 Å². The summed E-state index contributed by atoms with van der Waals surface area (Å²) in [7, 11) is 0. The predicted octanol–water partition coefficient (Wildman–Crippen LogP) is 6.78. The van der Waals surface area contributed by atoms with E-state index in [1.165, 1.54) is 32.1 Å². The molecule has 8 heteroatoms. The maximum absolute atomic E-state index is 12.6. The highest BCUT2D eigenvalue weighted by atomic mass is 16.6. The summed E-state index contributed by atoms with van der Waals surface area (Å²) in [5.74, 6) is 2.90. The first-order chi connectivity index (χ1) is 21.7. The number of esters is 1. The largest absolute Gasteiger partial charge is 0.494 e. The van der Waals surface area contributed by atoms with Gasteiger partial charge in [-0.05, 0) is 118 Å². The Hall–Kier alpha value is -2.65. The molecule has 0 aromatic heterocycles. The van der Waals surface area contributed by atoms with Crippen molar-refractivity contribution in [1.82, 2.24) is 0 Å². The number of benzene rings is 2. The van der Waals surface area contributed by atoms with Gasteiger partial charge >= 0.3 is 5.97 Å². The lowest BCUT2D eigenvalue weighted by Crippen LogP contribution is -2.19. The Balaban J connectivity index is 0.771. The zero-order chi connectivity index (χ0) is 30.0. The zero-order valence-electron chi connectivity index (χ0n) is 25.9. The molecule has 2 heterocycles. The third-order valence-corrected chi connectivity index (χ3v) is 9.21. The van der Waals surface area contributed by atoms with Crippen LogP contribution in [0.5, 0.6) is 17.2 Å². The number of hydrogen-bond acceptors (Lipinski definition) is 8. The van der Waals surface area contributed by atoms with E-state index in [9.17, 15) is 4.79 Å². The van der Waals surface area contributed by atoms with Crippen molar-refractivity contribution in [3.05, 3.63) is 54.1 Å². The zero-order valence-corrected chi connectivity index (χ0v) is 25.9. The van der Waals surface area contributed by atoms with Crippen molar-refractivity contribution in [3.8, 4) is 17.2 Å². The molecule has 0 bridgehead atoms. The SMILES string of the molecule is O=C(Oc1ccc(OCCCCCCOCC2CCC3OC3C2)cc1)c1ccc(OCCCOCC2CCC3OC3C2)cc1. The van der Waals surface area contributed by atoms with Crippen molar-refractivity contribution in [1.29, 1.82) is 0 Å². The lowest BCUT2D eigenvalue weighted by molar-refractivity contribution is 0.0734. The minimum atomic E-state index is -0.405. The van der Waals surface area contributed by atoms with E-state index in [4.69, 9.17) is 33.2 Å². The number of hydrogen-bond donors (Lipinski definition) is 0. The molecule has 2 saturated heterocycles. The average molecular weight is 609 g/mol. The summed E-state index contributed by atoms with van der Waals surface area (Å²) < 4.78 is 40.1. The molecule has 4 fully saturated rings. The number of carbonyl (C=O) groups is 1. The second kappa shape index (κ2) is 16.1. The first-order valence-electron chi connectivity index (χ1n) is 16.8. The van der Waals surface area contributed by atoms with E-state index in [-0.39, 0.29) is 0 Å². The molecular formula is C36H48O8. The molecule has 2 saturated carbocycles. The van der Waals surface area contributed by atoms with Crippen LogP contribution in [0.15, 0.2) is 48.5 Å². The van der Waals surface area contributed by atoms with Gasteiger partial charge in [-0.3, -0.25) is 0 Å². The standard InChI is InChI=1S/C36H48O8/c37-36(28-8-10-29(11-9-28)41-21-5-19-39-25-27-7-17-33-35(23-27)44-33)42-31-14-12-30(13-15-31)40-20-4-2-1-3-18-38-24-26-6-16-32-34(22-26)43-32/h8-15,26-27,32-35H,1-7,16-25H2. The third kappa shape index (κ3) is 9.93. The Morgan fingerprint density at radius 3 is 1.66 bits per heavy atom. The number of ether oxygens (including phenoxy) is 7. The smallest absolute Gasteiger partial charge is 0.343 e. The van der Waals surface area contributed by atoms with Gasteiger partial charge in [-0.25, -0.2) is 4.79 Å². The molecule has 0 radical (unpaired) electrons. The van der Waals surface area contributed by atoms with E-state index in [0.717, 1.165) is 69.8 Å². The van der Waals surface area contributed by atoms with Crippen molar-refractivity contribution >= 4 is 5.97 Å². The molecule has 4 aliphatic rings. The molecule has 2 aliphatic carbocycles. The number of rotatable bonds is 19. The van der Waals surface area contributed by atoms with Gasteiger partial charge in [0.1, 0.15) is 17.2 Å². The normalized spacial score (nSPS) is 26.7. The van der Waals surface area contributed by atoms with Crippen LogP contribution in [-0.2, 0) is 18.9 Å². The number of carbonyl (C=O) groups excluding carboxylic acids is 1. The van der Waals surface area contributed by atoms with Gasteiger partial charge in [0, 0.05) is 32.8 Å². The fraction of sp³-hybridized carbons (Fsp3) is 0.639. The van der Waals surface area contributed by atoms with Gasteiger partial charge in [-0.2, -0.15) is 0 Å². The lowest BCUT2D eigenvalue weighted by Gasteiger charge is -2.18. The fourth-order valence-corrected chi connectivity index (χ4v) is 6.43. The molecular weight excluding hydrogens is 560 g/mol. The molecule has 2 aromatic carbocycles. The van der Waals surface area contributed by atoms with Crippen LogP contribution < -0.4 is 14.2 Å². The van der Waals surface area contributed by atoms with Crippen molar-refractivity contribution in [3.63, 3.8) is 0 Å². The Morgan fingerprint density at radius 1 is 0.568 bits per heavy atom. The summed E-state index contributed by atoms with van der Waals surface area (Å²) >= 11 is 0. The van der Waals surface area contributed by atoms with E-state index in [1.807, 2.05) is 12.1 Å². The molecule has 8 nitrogen and oxygen atoms in total. The molecule has 44 heavy (non-hydrogen) atoms. The van der Waals surface area contributed by atoms with Crippen LogP contribution in [0.2, 0.25) is 0 Å². The van der Waals surface area contributed by atoms with Crippen LogP contribution in [0.1, 0.15) is 81.0 Å². The van der Waals surface area contributed by atoms with Gasteiger partial charge in [0.25, 0.3) is 0 Å². The fourth-order valence-electron chi connectivity index (χ4n) is 6.43. The van der Waals surface area contributed by atoms with Crippen molar-refractivity contribution in [2.75, 3.05) is 39.6 Å². The van der Waals surface area contributed by atoms with Crippen molar-refractivity contribution < 1.29 is 38.0 Å². The van der Waals surface area contributed by atoms with Gasteiger partial charge in [-0.15, -0.1) is 0 Å². The molecule has 6 rings (SSSR count). The van der Waals surface area contributed by atoms with E-state index < -0.39 is 5.97 Å². The first kappa shape index (κ1) is 31.3. The molecule has 240 valence electrons. The maximum Gasteiger partial charge on any atom is 0.343 e. The number of fused-ring (bicyclic) bond motifs is 2. The second-order valence-corrected chi connectivity index (χ2v) is 12.8. The number of epoxide rings is 2. The molecule has 6 unspecified atom stereocenters. The highest BCUT2D eigenvalue weighted by molar-refractivity contribution is 5.91. The number of unbranched alkanes of at least 4 members (excludes halogenated alkanes) is 3. The minimum absolute atomic E-state index is 0.405. The topological polar surface area (TPSA) is 88.3 Å². The minimum Gasteiger partial charge on any atom is -0.494 e. The van der Waals surface area contributed by atoms with Crippen LogP contribution >= 0.6 is 0 Å². The third-order valence-electron chi connectivity index (χ3n) is 9.21. The molecule has 0 N–H and O–H groups in total. The van der Waals surface area contributed by atoms with Crippen LogP contribution in [0.25, 0.3) is 0 Å². The lowest BCUT2D eigenvalue weighted by atomic mass is 9.90. The van der Waals surface area contributed by atoms with Crippen LogP contribution in [-0.4, -0.2) is 70.0 Å². The Kier molecular flexibility index (Phi) is 11.4. The van der Waals surface area contributed by atoms with Crippen molar-refractivity contribution in [2.45, 2.75) is 95.0 Å². The molecule has 2 aliphatic heterocycles. The highest BCUT2D eigenvalue weighted by Gasteiger charge is 2.44. The molecule has 0 amide bonds. The summed E-state index contributed by atoms with van der Waals surface area (Å²) in [4.78, 5) is 12.6. The van der Waals surface area contributed by atoms with Crippen LogP contribution in [0.3, 0.4) is 0 Å². The molecule has 2 aromatic rings. The summed E-state index contributed by atoms with van der Waals surface area (Å²) in [5.41, 5.74) is 0.473. The molecule has 6 atom stereocenters.